The highest BCUT2D eigenvalue weighted by molar-refractivity contribution is 5.99. The molecule has 0 aliphatic carbocycles. The van der Waals surface area contributed by atoms with Crippen LogP contribution in [0.15, 0.2) is 12.1 Å². The number of carbonyl (C=O) groups excluding carboxylic acids is 2. The molecule has 1 rings (SSSR count). The zero-order valence-electron chi connectivity index (χ0n) is 11.3. The lowest BCUT2D eigenvalue weighted by Crippen LogP contribution is -2.36. The van der Waals surface area contributed by atoms with Crippen molar-refractivity contribution >= 4 is 17.6 Å². The first kappa shape index (κ1) is 16.5. The molecule has 114 valence electrons. The molecule has 0 saturated heterocycles. The van der Waals surface area contributed by atoms with Crippen molar-refractivity contribution < 1.29 is 28.0 Å². The van der Waals surface area contributed by atoms with Gasteiger partial charge in [-0.15, -0.1) is 0 Å². The van der Waals surface area contributed by atoms with Crippen molar-refractivity contribution in [1.82, 2.24) is 4.90 Å². The summed E-state index contributed by atoms with van der Waals surface area (Å²) in [6, 6.07) is 0.768. The molecule has 0 radical (unpaired) electrons. The number of hydrogen-bond acceptors (Lipinski definition) is 5. The van der Waals surface area contributed by atoms with E-state index in [-0.39, 0.29) is 6.54 Å². The van der Waals surface area contributed by atoms with Crippen LogP contribution in [0.1, 0.15) is 17.3 Å². The molecular formula is C12H12F2N2O5. The molecule has 0 heterocycles. The van der Waals surface area contributed by atoms with Crippen molar-refractivity contribution in [3.05, 3.63) is 39.4 Å². The van der Waals surface area contributed by atoms with Crippen molar-refractivity contribution in [3.8, 4) is 0 Å². The van der Waals surface area contributed by atoms with Crippen molar-refractivity contribution in [2.45, 2.75) is 6.92 Å². The van der Waals surface area contributed by atoms with E-state index >= 15 is 0 Å². The van der Waals surface area contributed by atoms with E-state index in [9.17, 15) is 28.5 Å². The monoisotopic (exact) mass is 302 g/mol. The van der Waals surface area contributed by atoms with E-state index in [0.29, 0.717) is 12.1 Å². The molecule has 21 heavy (non-hydrogen) atoms. The Hall–Kier alpha value is -2.58. The lowest BCUT2D eigenvalue weighted by molar-refractivity contribution is -0.385. The summed E-state index contributed by atoms with van der Waals surface area (Å²) in [5.74, 6) is -4.53. The number of amides is 1. The topological polar surface area (TPSA) is 89.8 Å². The van der Waals surface area contributed by atoms with Crippen molar-refractivity contribution in [1.29, 1.82) is 0 Å². The van der Waals surface area contributed by atoms with Crippen molar-refractivity contribution in [2.75, 3.05) is 20.2 Å². The molecule has 0 aliphatic rings. The van der Waals surface area contributed by atoms with Gasteiger partial charge in [0.2, 0.25) is 0 Å². The fourth-order valence-electron chi connectivity index (χ4n) is 1.58. The quantitative estimate of drug-likeness (QED) is 0.467. The van der Waals surface area contributed by atoms with E-state index in [2.05, 4.69) is 4.74 Å². The number of nitrogens with zero attached hydrogens (tertiary/aromatic N) is 2. The third kappa shape index (κ3) is 3.71. The van der Waals surface area contributed by atoms with E-state index < -0.39 is 46.2 Å². The van der Waals surface area contributed by atoms with Crippen LogP contribution in [0.25, 0.3) is 0 Å². The Morgan fingerprint density at radius 2 is 1.90 bits per heavy atom. The second kappa shape index (κ2) is 6.73. The smallest absolute Gasteiger partial charge is 0.325 e. The zero-order chi connectivity index (χ0) is 16.2. The molecule has 0 fully saturated rings. The van der Waals surface area contributed by atoms with Crippen LogP contribution < -0.4 is 0 Å². The molecule has 1 aromatic rings. The van der Waals surface area contributed by atoms with Crippen LogP contribution in [0.4, 0.5) is 14.5 Å². The van der Waals surface area contributed by atoms with Crippen LogP contribution in [0, 0.1) is 21.7 Å². The van der Waals surface area contributed by atoms with Crippen LogP contribution in [0.3, 0.4) is 0 Å². The van der Waals surface area contributed by atoms with Crippen LogP contribution >= 0.6 is 0 Å². The fraction of sp³-hybridized carbons (Fsp3) is 0.333. The second-order valence-corrected chi connectivity index (χ2v) is 3.94. The average Bonchev–Trinajstić information content (AvgIpc) is 2.45. The number of esters is 1. The summed E-state index contributed by atoms with van der Waals surface area (Å²) >= 11 is 0. The minimum atomic E-state index is -1.44. The number of hydrogen-bond donors (Lipinski definition) is 0. The molecule has 0 atom stereocenters. The number of nitro benzene ring substituents is 1. The van der Waals surface area contributed by atoms with Gasteiger partial charge in [-0.1, -0.05) is 0 Å². The highest BCUT2D eigenvalue weighted by Gasteiger charge is 2.28. The first-order chi connectivity index (χ1) is 9.81. The molecule has 1 amide bonds. The number of methoxy groups -OCH3 is 1. The molecule has 0 bridgehead atoms. The Morgan fingerprint density at radius 1 is 1.33 bits per heavy atom. The molecule has 1 aromatic carbocycles. The van der Waals surface area contributed by atoms with Gasteiger partial charge in [0.15, 0.2) is 11.6 Å². The number of benzene rings is 1. The van der Waals surface area contributed by atoms with Crippen LogP contribution in [-0.2, 0) is 9.53 Å². The Morgan fingerprint density at radius 3 is 2.38 bits per heavy atom. The molecule has 0 N–H and O–H groups in total. The Labute approximate surface area is 118 Å². The highest BCUT2D eigenvalue weighted by atomic mass is 19.2. The van der Waals surface area contributed by atoms with Crippen molar-refractivity contribution in [2.24, 2.45) is 0 Å². The summed E-state index contributed by atoms with van der Waals surface area (Å²) in [6.45, 7) is 1.10. The summed E-state index contributed by atoms with van der Waals surface area (Å²) < 4.78 is 30.7. The van der Waals surface area contributed by atoms with E-state index in [1.165, 1.54) is 6.92 Å². The summed E-state index contributed by atoms with van der Waals surface area (Å²) in [4.78, 5) is 34.1. The van der Waals surface area contributed by atoms with Gasteiger partial charge in [0.25, 0.3) is 11.6 Å². The molecule has 0 saturated carbocycles. The maximum absolute atomic E-state index is 13.2. The van der Waals surface area contributed by atoms with E-state index in [1.807, 2.05) is 0 Å². The first-order valence-electron chi connectivity index (χ1n) is 5.81. The van der Waals surface area contributed by atoms with Gasteiger partial charge >= 0.3 is 5.97 Å². The van der Waals surface area contributed by atoms with Gasteiger partial charge in [-0.3, -0.25) is 19.7 Å². The van der Waals surface area contributed by atoms with E-state index in [0.717, 1.165) is 12.0 Å². The Kier molecular flexibility index (Phi) is 5.28. The maximum atomic E-state index is 13.2. The predicted octanol–water partition coefficient (Wildman–Crippen LogP) is 1.51. The third-order valence-electron chi connectivity index (χ3n) is 2.68. The SMILES string of the molecule is CCN(CC(=O)OC)C(=O)c1cc(F)c(F)cc1[N+](=O)[O-]. The highest BCUT2D eigenvalue weighted by Crippen LogP contribution is 2.23. The van der Waals surface area contributed by atoms with Gasteiger partial charge in [0, 0.05) is 6.54 Å². The second-order valence-electron chi connectivity index (χ2n) is 3.94. The minimum absolute atomic E-state index is 0.0318. The van der Waals surface area contributed by atoms with Crippen LogP contribution in [0.2, 0.25) is 0 Å². The number of rotatable bonds is 5. The maximum Gasteiger partial charge on any atom is 0.325 e. The van der Waals surface area contributed by atoms with E-state index in [4.69, 9.17) is 0 Å². The molecule has 0 aromatic heterocycles. The van der Waals surface area contributed by atoms with E-state index in [1.54, 1.807) is 0 Å². The Balaban J connectivity index is 3.24. The molecule has 7 nitrogen and oxygen atoms in total. The van der Waals surface area contributed by atoms with Crippen molar-refractivity contribution in [3.63, 3.8) is 0 Å². The van der Waals surface area contributed by atoms with Gasteiger partial charge in [0.05, 0.1) is 18.1 Å². The van der Waals surface area contributed by atoms with Gasteiger partial charge in [-0.05, 0) is 13.0 Å². The van der Waals surface area contributed by atoms with Gasteiger partial charge in [-0.2, -0.15) is 0 Å². The molecule has 0 spiro atoms. The molecule has 0 unspecified atom stereocenters. The number of carbonyl (C=O) groups is 2. The first-order valence-corrected chi connectivity index (χ1v) is 5.81. The number of likely N-dealkylation sites (N-methyl/N-ethyl adjacent to an activating group) is 1. The van der Waals surface area contributed by atoms with Gasteiger partial charge in [0.1, 0.15) is 12.1 Å². The summed E-state index contributed by atoms with van der Waals surface area (Å²) in [6.07, 6.45) is 0. The number of nitro groups is 1. The minimum Gasteiger partial charge on any atom is -0.468 e. The van der Waals surface area contributed by atoms with Gasteiger partial charge in [-0.25, -0.2) is 8.78 Å². The Bertz CT molecular complexity index is 591. The normalized spacial score (nSPS) is 10.1. The molecular weight excluding hydrogens is 290 g/mol. The standard InChI is InChI=1S/C12H12F2N2O5/c1-3-15(6-11(17)21-2)12(18)7-4-8(13)9(14)5-10(7)16(19)20/h4-5H,3,6H2,1-2H3. The number of ether oxygens (including phenoxy) is 1. The summed E-state index contributed by atoms with van der Waals surface area (Å²) in [5, 5.41) is 10.8. The molecule has 0 aliphatic heterocycles. The third-order valence-corrected chi connectivity index (χ3v) is 2.68. The number of halogens is 2. The largest absolute Gasteiger partial charge is 0.468 e. The predicted molar refractivity (Wildman–Crippen MR) is 66.6 cm³/mol. The lowest BCUT2D eigenvalue weighted by atomic mass is 10.1. The average molecular weight is 302 g/mol. The van der Waals surface area contributed by atoms with Gasteiger partial charge < -0.3 is 9.64 Å². The van der Waals surface area contributed by atoms with Crippen LogP contribution in [0.5, 0.6) is 0 Å². The fourth-order valence-corrected chi connectivity index (χ4v) is 1.58. The van der Waals surface area contributed by atoms with Crippen LogP contribution in [-0.4, -0.2) is 41.9 Å². The summed E-state index contributed by atoms with van der Waals surface area (Å²) in [7, 11) is 1.11. The zero-order valence-corrected chi connectivity index (χ0v) is 11.3. The molecule has 9 heteroatoms. The lowest BCUT2D eigenvalue weighted by Gasteiger charge is -2.19. The summed E-state index contributed by atoms with van der Waals surface area (Å²) in [5.41, 5.74) is -1.51.